The fourth-order valence-electron chi connectivity index (χ4n) is 2.02. The topological polar surface area (TPSA) is 87.3 Å². The molecule has 0 bridgehead atoms. The van der Waals surface area contributed by atoms with E-state index in [4.69, 9.17) is 0 Å². The molecular formula is C14H15N3O3S. The Kier molecular flexibility index (Phi) is 3.83. The fraction of sp³-hybridized carbons (Fsp3) is 0.357. The van der Waals surface area contributed by atoms with Gasteiger partial charge in [-0.1, -0.05) is 0 Å². The highest BCUT2D eigenvalue weighted by atomic mass is 32.2. The van der Waals surface area contributed by atoms with Crippen molar-refractivity contribution >= 4 is 40.9 Å². The lowest BCUT2D eigenvalue weighted by molar-refractivity contribution is -0.125. The number of carbonyl (C=O) groups excluding carboxylic acids is 3. The molecule has 0 atom stereocenters. The van der Waals surface area contributed by atoms with Crippen LogP contribution in [0.15, 0.2) is 23.1 Å². The van der Waals surface area contributed by atoms with Crippen molar-refractivity contribution in [3.63, 3.8) is 0 Å². The van der Waals surface area contributed by atoms with E-state index in [0.29, 0.717) is 17.1 Å². The van der Waals surface area contributed by atoms with Crippen molar-refractivity contribution in [2.45, 2.75) is 17.7 Å². The molecule has 1 fully saturated rings. The molecule has 110 valence electrons. The molecule has 1 aliphatic carbocycles. The van der Waals surface area contributed by atoms with Crippen LogP contribution in [0.1, 0.15) is 12.8 Å². The molecule has 0 saturated heterocycles. The zero-order valence-electron chi connectivity index (χ0n) is 11.3. The first kappa shape index (κ1) is 13.9. The van der Waals surface area contributed by atoms with E-state index < -0.39 is 0 Å². The van der Waals surface area contributed by atoms with Crippen molar-refractivity contribution < 1.29 is 14.4 Å². The molecule has 1 aromatic carbocycles. The average molecular weight is 305 g/mol. The number of thioether (sulfide) groups is 1. The molecule has 0 spiro atoms. The van der Waals surface area contributed by atoms with Crippen LogP contribution in [0.4, 0.5) is 11.4 Å². The standard InChI is InChI=1S/C14H15N3O3S/c18-12(6-15-14(20)8-1-2-8)16-9-3-4-11-10(5-9)17-13(19)7-21-11/h3-5,8H,1-2,6-7H2,(H,15,20)(H,16,18)(H,17,19). The highest BCUT2D eigenvalue weighted by molar-refractivity contribution is 8.00. The summed E-state index contributed by atoms with van der Waals surface area (Å²) in [5.41, 5.74) is 1.30. The number of rotatable bonds is 4. The van der Waals surface area contributed by atoms with Gasteiger partial charge < -0.3 is 16.0 Å². The van der Waals surface area contributed by atoms with Gasteiger partial charge in [0.15, 0.2) is 0 Å². The van der Waals surface area contributed by atoms with E-state index in [-0.39, 0.29) is 30.2 Å². The summed E-state index contributed by atoms with van der Waals surface area (Å²) >= 11 is 1.47. The second kappa shape index (κ2) is 5.77. The smallest absolute Gasteiger partial charge is 0.243 e. The van der Waals surface area contributed by atoms with Gasteiger partial charge in [0.2, 0.25) is 17.7 Å². The monoisotopic (exact) mass is 305 g/mol. The molecular weight excluding hydrogens is 290 g/mol. The van der Waals surface area contributed by atoms with Gasteiger partial charge in [-0.3, -0.25) is 14.4 Å². The Hall–Kier alpha value is -2.02. The number of fused-ring (bicyclic) bond motifs is 1. The Morgan fingerprint density at radius 3 is 2.90 bits per heavy atom. The molecule has 3 amide bonds. The van der Waals surface area contributed by atoms with E-state index in [1.54, 1.807) is 12.1 Å². The fourth-order valence-corrected chi connectivity index (χ4v) is 2.81. The Morgan fingerprint density at radius 2 is 2.14 bits per heavy atom. The SMILES string of the molecule is O=C(CNC(=O)C1CC1)Nc1ccc2c(c1)NC(=O)CS2. The minimum absolute atomic E-state index is 0.0342. The van der Waals surface area contributed by atoms with Crippen LogP contribution in [0.5, 0.6) is 0 Å². The van der Waals surface area contributed by atoms with Crippen LogP contribution in [0, 0.1) is 5.92 Å². The third kappa shape index (κ3) is 3.55. The van der Waals surface area contributed by atoms with Gasteiger partial charge in [-0.25, -0.2) is 0 Å². The third-order valence-corrected chi connectivity index (χ3v) is 4.34. The molecule has 1 aromatic rings. The summed E-state index contributed by atoms with van der Waals surface area (Å²) < 4.78 is 0. The number of anilines is 2. The first-order chi connectivity index (χ1) is 10.1. The zero-order chi connectivity index (χ0) is 14.8. The number of amides is 3. The van der Waals surface area contributed by atoms with Crippen molar-refractivity contribution in [1.82, 2.24) is 5.32 Å². The van der Waals surface area contributed by atoms with E-state index in [0.717, 1.165) is 17.7 Å². The van der Waals surface area contributed by atoms with Crippen LogP contribution in [-0.2, 0) is 14.4 Å². The molecule has 1 saturated carbocycles. The zero-order valence-corrected chi connectivity index (χ0v) is 12.1. The molecule has 3 rings (SSSR count). The van der Waals surface area contributed by atoms with Crippen LogP contribution in [0.25, 0.3) is 0 Å². The van der Waals surface area contributed by atoms with Crippen molar-refractivity contribution in [3.8, 4) is 0 Å². The van der Waals surface area contributed by atoms with Crippen LogP contribution in [0.2, 0.25) is 0 Å². The van der Waals surface area contributed by atoms with Gasteiger partial charge in [0.25, 0.3) is 0 Å². The lowest BCUT2D eigenvalue weighted by atomic mass is 10.2. The van der Waals surface area contributed by atoms with E-state index in [2.05, 4.69) is 16.0 Å². The largest absolute Gasteiger partial charge is 0.347 e. The molecule has 7 heteroatoms. The molecule has 0 aromatic heterocycles. The van der Waals surface area contributed by atoms with E-state index in [9.17, 15) is 14.4 Å². The quantitative estimate of drug-likeness (QED) is 0.780. The molecule has 6 nitrogen and oxygen atoms in total. The molecule has 21 heavy (non-hydrogen) atoms. The van der Waals surface area contributed by atoms with E-state index >= 15 is 0 Å². The van der Waals surface area contributed by atoms with Crippen LogP contribution in [0.3, 0.4) is 0 Å². The Balaban J connectivity index is 1.56. The van der Waals surface area contributed by atoms with Gasteiger partial charge in [0, 0.05) is 16.5 Å². The molecule has 1 heterocycles. The minimum atomic E-state index is -0.279. The maximum absolute atomic E-state index is 11.8. The van der Waals surface area contributed by atoms with Gasteiger partial charge >= 0.3 is 0 Å². The van der Waals surface area contributed by atoms with E-state index in [1.807, 2.05) is 6.07 Å². The molecule has 0 radical (unpaired) electrons. The highest BCUT2D eigenvalue weighted by Crippen LogP contribution is 2.33. The van der Waals surface area contributed by atoms with Crippen molar-refractivity contribution in [2.24, 2.45) is 5.92 Å². The average Bonchev–Trinajstić information content (AvgIpc) is 3.29. The summed E-state index contributed by atoms with van der Waals surface area (Å²) in [5.74, 6) is 0.116. The van der Waals surface area contributed by atoms with Gasteiger partial charge in [0.1, 0.15) is 0 Å². The van der Waals surface area contributed by atoms with Crippen LogP contribution < -0.4 is 16.0 Å². The van der Waals surface area contributed by atoms with Crippen molar-refractivity contribution in [3.05, 3.63) is 18.2 Å². The number of hydrogen-bond acceptors (Lipinski definition) is 4. The molecule has 0 unspecified atom stereocenters. The summed E-state index contributed by atoms with van der Waals surface area (Å²) in [6.07, 6.45) is 1.82. The summed E-state index contributed by atoms with van der Waals surface area (Å²) in [4.78, 5) is 35.5. The number of nitrogens with one attached hydrogen (secondary N) is 3. The summed E-state index contributed by atoms with van der Waals surface area (Å²) in [6.45, 7) is -0.0342. The van der Waals surface area contributed by atoms with Gasteiger partial charge in [-0.15, -0.1) is 11.8 Å². The first-order valence-corrected chi connectivity index (χ1v) is 7.74. The van der Waals surface area contributed by atoms with E-state index in [1.165, 1.54) is 11.8 Å². The first-order valence-electron chi connectivity index (χ1n) is 6.76. The summed E-state index contributed by atoms with van der Waals surface area (Å²) in [6, 6.07) is 5.36. The van der Waals surface area contributed by atoms with Gasteiger partial charge in [-0.05, 0) is 31.0 Å². The molecule has 1 aliphatic heterocycles. The predicted octanol–water partition coefficient (Wildman–Crippen LogP) is 1.20. The summed E-state index contributed by atoms with van der Waals surface area (Å²) in [5, 5.41) is 8.08. The maximum atomic E-state index is 11.8. The molecule has 3 N–H and O–H groups in total. The number of hydrogen-bond donors (Lipinski definition) is 3. The minimum Gasteiger partial charge on any atom is -0.347 e. The van der Waals surface area contributed by atoms with Crippen LogP contribution in [-0.4, -0.2) is 30.0 Å². The van der Waals surface area contributed by atoms with Crippen molar-refractivity contribution in [1.29, 1.82) is 0 Å². The molecule has 2 aliphatic rings. The summed E-state index contributed by atoms with van der Waals surface area (Å²) in [7, 11) is 0. The number of carbonyl (C=O) groups is 3. The van der Waals surface area contributed by atoms with Gasteiger partial charge in [0.05, 0.1) is 18.0 Å². The Morgan fingerprint density at radius 1 is 1.33 bits per heavy atom. The third-order valence-electron chi connectivity index (χ3n) is 3.27. The predicted molar refractivity (Wildman–Crippen MR) is 80.2 cm³/mol. The highest BCUT2D eigenvalue weighted by Gasteiger charge is 2.29. The second-order valence-electron chi connectivity index (χ2n) is 5.09. The maximum Gasteiger partial charge on any atom is 0.243 e. The number of benzene rings is 1. The van der Waals surface area contributed by atoms with Crippen LogP contribution >= 0.6 is 11.8 Å². The second-order valence-corrected chi connectivity index (χ2v) is 6.11. The lowest BCUT2D eigenvalue weighted by Gasteiger charge is -2.17. The van der Waals surface area contributed by atoms with Crippen molar-refractivity contribution in [2.75, 3.05) is 22.9 Å². The van der Waals surface area contributed by atoms with Gasteiger partial charge in [-0.2, -0.15) is 0 Å². The normalized spacial score (nSPS) is 16.7. The Bertz CT molecular complexity index is 613. The lowest BCUT2D eigenvalue weighted by Crippen LogP contribution is -2.33. The Labute approximate surface area is 126 Å².